The molecule has 0 aliphatic rings. The third kappa shape index (κ3) is 6.36. The second-order valence-electron chi connectivity index (χ2n) is 4.65. The van der Waals surface area contributed by atoms with Crippen molar-refractivity contribution in [3.63, 3.8) is 0 Å². The fourth-order valence-electron chi connectivity index (χ4n) is 1.81. The molecule has 0 atom stereocenters. The topological polar surface area (TPSA) is 55.4 Å². The molecule has 110 valence electrons. The lowest BCUT2D eigenvalue weighted by atomic mass is 10.1. The Hall–Kier alpha value is -1.84. The van der Waals surface area contributed by atoms with E-state index in [2.05, 4.69) is 12.2 Å². The smallest absolute Gasteiger partial charge is 0.306 e. The van der Waals surface area contributed by atoms with Crippen LogP contribution in [0.5, 0.6) is 0 Å². The summed E-state index contributed by atoms with van der Waals surface area (Å²) < 4.78 is 4.78. The summed E-state index contributed by atoms with van der Waals surface area (Å²) in [5, 5.41) is 2.78. The van der Waals surface area contributed by atoms with E-state index in [1.54, 1.807) is 6.92 Å². The van der Waals surface area contributed by atoms with Gasteiger partial charge in [-0.15, -0.1) is 0 Å². The van der Waals surface area contributed by atoms with Crippen LogP contribution in [-0.4, -0.2) is 18.5 Å². The Labute approximate surface area is 120 Å². The predicted octanol–water partition coefficient (Wildman–Crippen LogP) is 3.31. The maximum atomic E-state index is 11.7. The number of unbranched alkanes of at least 4 members (excludes halogenated alkanes) is 1. The number of anilines is 1. The minimum Gasteiger partial charge on any atom is -0.466 e. The van der Waals surface area contributed by atoms with Crippen molar-refractivity contribution in [3.8, 4) is 0 Å². The van der Waals surface area contributed by atoms with Crippen LogP contribution < -0.4 is 5.32 Å². The zero-order valence-electron chi connectivity index (χ0n) is 12.3. The highest BCUT2D eigenvalue weighted by Crippen LogP contribution is 2.12. The highest BCUT2D eigenvalue weighted by molar-refractivity contribution is 5.92. The Balaban J connectivity index is 2.36. The van der Waals surface area contributed by atoms with Crippen molar-refractivity contribution >= 4 is 17.6 Å². The van der Waals surface area contributed by atoms with E-state index >= 15 is 0 Å². The Morgan fingerprint density at radius 3 is 2.40 bits per heavy atom. The van der Waals surface area contributed by atoms with Crippen LogP contribution in [0.4, 0.5) is 5.69 Å². The first-order chi connectivity index (χ1) is 9.65. The predicted molar refractivity (Wildman–Crippen MR) is 79.6 cm³/mol. The second kappa shape index (κ2) is 9.13. The van der Waals surface area contributed by atoms with E-state index in [1.165, 1.54) is 18.4 Å². The lowest BCUT2D eigenvalue weighted by Crippen LogP contribution is -2.14. The minimum absolute atomic E-state index is 0.119. The summed E-state index contributed by atoms with van der Waals surface area (Å²) in [4.78, 5) is 22.8. The summed E-state index contributed by atoms with van der Waals surface area (Å²) in [6.45, 7) is 4.26. The molecule has 1 aromatic rings. The molecule has 0 saturated heterocycles. The highest BCUT2D eigenvalue weighted by atomic mass is 16.5. The maximum Gasteiger partial charge on any atom is 0.306 e. The van der Waals surface area contributed by atoms with Crippen LogP contribution in [0.25, 0.3) is 0 Å². The number of rotatable bonds is 8. The number of hydrogen-bond acceptors (Lipinski definition) is 3. The van der Waals surface area contributed by atoms with Gasteiger partial charge in [0, 0.05) is 12.1 Å². The Kier molecular flexibility index (Phi) is 7.40. The lowest BCUT2D eigenvalue weighted by Gasteiger charge is -2.06. The fourth-order valence-corrected chi connectivity index (χ4v) is 1.81. The van der Waals surface area contributed by atoms with Crippen LogP contribution in [0.3, 0.4) is 0 Å². The number of aryl methyl sites for hydroxylation is 1. The van der Waals surface area contributed by atoms with Crippen molar-refractivity contribution in [2.75, 3.05) is 11.9 Å². The fraction of sp³-hybridized carbons (Fsp3) is 0.500. The van der Waals surface area contributed by atoms with Crippen molar-refractivity contribution in [1.29, 1.82) is 0 Å². The van der Waals surface area contributed by atoms with Gasteiger partial charge in [0.05, 0.1) is 13.0 Å². The molecule has 20 heavy (non-hydrogen) atoms. The van der Waals surface area contributed by atoms with Gasteiger partial charge < -0.3 is 10.1 Å². The molecule has 0 aromatic heterocycles. The quantitative estimate of drug-likeness (QED) is 0.742. The molecule has 0 saturated carbocycles. The normalized spacial score (nSPS) is 10.1. The minimum atomic E-state index is -0.336. The van der Waals surface area contributed by atoms with Gasteiger partial charge in [-0.1, -0.05) is 25.5 Å². The second-order valence-corrected chi connectivity index (χ2v) is 4.65. The van der Waals surface area contributed by atoms with E-state index in [4.69, 9.17) is 4.74 Å². The molecule has 1 amide bonds. The summed E-state index contributed by atoms with van der Waals surface area (Å²) in [5.74, 6) is -0.503. The van der Waals surface area contributed by atoms with Crippen molar-refractivity contribution < 1.29 is 14.3 Å². The number of ether oxygens (including phenoxy) is 1. The molecule has 0 aliphatic carbocycles. The average molecular weight is 277 g/mol. The Bertz CT molecular complexity index is 426. The van der Waals surface area contributed by atoms with Crippen LogP contribution >= 0.6 is 0 Å². The van der Waals surface area contributed by atoms with Gasteiger partial charge in [0.15, 0.2) is 0 Å². The van der Waals surface area contributed by atoms with Crippen LogP contribution in [0.15, 0.2) is 24.3 Å². The molecule has 1 N–H and O–H groups in total. The van der Waals surface area contributed by atoms with Gasteiger partial charge in [0.25, 0.3) is 0 Å². The van der Waals surface area contributed by atoms with E-state index in [0.29, 0.717) is 6.61 Å². The van der Waals surface area contributed by atoms with Crippen molar-refractivity contribution in [2.24, 2.45) is 0 Å². The van der Waals surface area contributed by atoms with Gasteiger partial charge in [0.1, 0.15) is 0 Å². The third-order valence-electron chi connectivity index (χ3n) is 2.92. The first-order valence-corrected chi connectivity index (χ1v) is 7.20. The van der Waals surface area contributed by atoms with Gasteiger partial charge in [-0.2, -0.15) is 0 Å². The zero-order chi connectivity index (χ0) is 14.8. The van der Waals surface area contributed by atoms with E-state index in [0.717, 1.165) is 12.1 Å². The number of carbonyl (C=O) groups excluding carboxylic acids is 2. The molecule has 4 heteroatoms. The number of carbonyl (C=O) groups is 2. The molecule has 0 heterocycles. The third-order valence-corrected chi connectivity index (χ3v) is 2.92. The molecule has 0 radical (unpaired) electrons. The maximum absolute atomic E-state index is 11.7. The molecule has 0 unspecified atom stereocenters. The summed E-state index contributed by atoms with van der Waals surface area (Å²) in [6.07, 6.45) is 3.68. The summed E-state index contributed by atoms with van der Waals surface area (Å²) >= 11 is 0. The molecular weight excluding hydrogens is 254 g/mol. The van der Waals surface area contributed by atoms with Crippen molar-refractivity contribution in [3.05, 3.63) is 29.8 Å². The molecule has 0 fully saturated rings. The SMILES string of the molecule is CCCCc1ccc(NC(=O)CCC(=O)OCC)cc1. The monoisotopic (exact) mass is 277 g/mol. The largest absolute Gasteiger partial charge is 0.466 e. The Morgan fingerprint density at radius 2 is 1.80 bits per heavy atom. The lowest BCUT2D eigenvalue weighted by molar-refractivity contribution is -0.144. The average Bonchev–Trinajstić information content (AvgIpc) is 2.45. The van der Waals surface area contributed by atoms with E-state index < -0.39 is 0 Å². The number of benzene rings is 1. The van der Waals surface area contributed by atoms with Crippen LogP contribution in [0.2, 0.25) is 0 Å². The first kappa shape index (κ1) is 16.2. The molecule has 0 bridgehead atoms. The summed E-state index contributed by atoms with van der Waals surface area (Å²) in [5.41, 5.74) is 2.04. The number of hydrogen-bond donors (Lipinski definition) is 1. The molecular formula is C16H23NO3. The molecule has 1 rings (SSSR count). The molecule has 1 aromatic carbocycles. The Morgan fingerprint density at radius 1 is 1.10 bits per heavy atom. The molecule has 0 aliphatic heterocycles. The van der Waals surface area contributed by atoms with Crippen LogP contribution in [0, 0.1) is 0 Å². The summed E-state index contributed by atoms with van der Waals surface area (Å²) in [6, 6.07) is 7.84. The number of esters is 1. The highest BCUT2D eigenvalue weighted by Gasteiger charge is 2.07. The van der Waals surface area contributed by atoms with Gasteiger partial charge in [-0.3, -0.25) is 9.59 Å². The van der Waals surface area contributed by atoms with Crippen molar-refractivity contribution in [2.45, 2.75) is 46.0 Å². The number of amides is 1. The standard InChI is InChI=1S/C16H23NO3/c1-3-5-6-13-7-9-14(10-8-13)17-15(18)11-12-16(19)20-4-2/h7-10H,3-6,11-12H2,1-2H3,(H,17,18). The van der Waals surface area contributed by atoms with Gasteiger partial charge in [0.2, 0.25) is 5.91 Å². The van der Waals surface area contributed by atoms with Crippen LogP contribution in [-0.2, 0) is 20.7 Å². The summed E-state index contributed by atoms with van der Waals surface area (Å²) in [7, 11) is 0. The van der Waals surface area contributed by atoms with E-state index in [9.17, 15) is 9.59 Å². The van der Waals surface area contributed by atoms with E-state index in [1.807, 2.05) is 24.3 Å². The van der Waals surface area contributed by atoms with Gasteiger partial charge in [-0.05, 0) is 37.5 Å². The van der Waals surface area contributed by atoms with Gasteiger partial charge in [-0.25, -0.2) is 0 Å². The first-order valence-electron chi connectivity index (χ1n) is 7.20. The molecule has 4 nitrogen and oxygen atoms in total. The van der Waals surface area contributed by atoms with E-state index in [-0.39, 0.29) is 24.7 Å². The van der Waals surface area contributed by atoms with Crippen LogP contribution in [0.1, 0.15) is 45.1 Å². The van der Waals surface area contributed by atoms with Crippen molar-refractivity contribution in [1.82, 2.24) is 0 Å². The van der Waals surface area contributed by atoms with Gasteiger partial charge >= 0.3 is 5.97 Å². The number of nitrogens with one attached hydrogen (secondary N) is 1. The molecule has 0 spiro atoms. The zero-order valence-corrected chi connectivity index (χ0v) is 12.3.